The van der Waals surface area contributed by atoms with Gasteiger partial charge in [-0.05, 0) is 18.3 Å². The van der Waals surface area contributed by atoms with Crippen LogP contribution in [0, 0.1) is 5.41 Å². The van der Waals surface area contributed by atoms with Crippen LogP contribution in [0.5, 0.6) is 0 Å². The molecule has 2 atom stereocenters. The van der Waals surface area contributed by atoms with Crippen molar-refractivity contribution < 1.29 is 9.59 Å². The van der Waals surface area contributed by atoms with E-state index in [0.29, 0.717) is 13.0 Å². The Hall–Kier alpha value is -1.06. The molecule has 0 aromatic rings. The molecule has 98 valence electrons. The minimum atomic E-state index is -0.399. The Kier molecular flexibility index (Phi) is 4.17. The first kappa shape index (κ1) is 14.0. The van der Waals surface area contributed by atoms with Crippen molar-refractivity contribution in [1.29, 1.82) is 0 Å². The van der Waals surface area contributed by atoms with Crippen LogP contribution in [0.15, 0.2) is 0 Å². The molecule has 0 aromatic heterocycles. The molecule has 2 unspecified atom stereocenters. The maximum absolute atomic E-state index is 12.4. The number of piperazine rings is 1. The van der Waals surface area contributed by atoms with Crippen LogP contribution < -0.4 is 5.32 Å². The van der Waals surface area contributed by atoms with E-state index in [2.05, 4.69) is 5.32 Å². The topological polar surface area (TPSA) is 49.4 Å². The van der Waals surface area contributed by atoms with Crippen molar-refractivity contribution in [2.24, 2.45) is 5.41 Å². The van der Waals surface area contributed by atoms with E-state index in [1.807, 2.05) is 34.6 Å². The van der Waals surface area contributed by atoms with E-state index in [0.717, 1.165) is 6.42 Å². The molecule has 1 heterocycles. The van der Waals surface area contributed by atoms with E-state index < -0.39 is 6.04 Å². The van der Waals surface area contributed by atoms with Gasteiger partial charge in [0.2, 0.25) is 11.8 Å². The lowest BCUT2D eigenvalue weighted by atomic mass is 9.83. The Bertz CT molecular complexity index is 307. The number of nitrogens with one attached hydrogen (secondary N) is 1. The van der Waals surface area contributed by atoms with Gasteiger partial charge in [-0.25, -0.2) is 0 Å². The predicted molar refractivity (Wildman–Crippen MR) is 67.5 cm³/mol. The molecule has 17 heavy (non-hydrogen) atoms. The predicted octanol–water partition coefficient (Wildman–Crippen LogP) is 1.55. The fourth-order valence-electron chi connectivity index (χ4n) is 2.26. The summed E-state index contributed by atoms with van der Waals surface area (Å²) in [7, 11) is 0. The summed E-state index contributed by atoms with van der Waals surface area (Å²) < 4.78 is 0. The summed E-state index contributed by atoms with van der Waals surface area (Å²) in [5, 5.41) is 2.87. The average Bonchev–Trinajstić information content (AvgIpc) is 2.22. The normalized spacial score (nSPS) is 26.1. The molecule has 1 N–H and O–H groups in total. The van der Waals surface area contributed by atoms with E-state index in [1.54, 1.807) is 4.90 Å². The number of carbonyl (C=O) groups excluding carboxylic acids is 2. The zero-order chi connectivity index (χ0) is 13.2. The second-order valence-corrected chi connectivity index (χ2v) is 5.76. The van der Waals surface area contributed by atoms with Gasteiger partial charge in [0.05, 0.1) is 0 Å². The van der Waals surface area contributed by atoms with Gasteiger partial charge in [-0.3, -0.25) is 9.59 Å². The van der Waals surface area contributed by atoms with Crippen molar-refractivity contribution in [2.75, 3.05) is 6.54 Å². The van der Waals surface area contributed by atoms with Gasteiger partial charge >= 0.3 is 0 Å². The van der Waals surface area contributed by atoms with Crippen LogP contribution in [0.4, 0.5) is 0 Å². The second-order valence-electron chi connectivity index (χ2n) is 5.76. The van der Waals surface area contributed by atoms with Crippen LogP contribution in [0.2, 0.25) is 0 Å². The summed E-state index contributed by atoms with van der Waals surface area (Å²) in [4.78, 5) is 26.1. The van der Waals surface area contributed by atoms with Gasteiger partial charge < -0.3 is 10.2 Å². The summed E-state index contributed by atoms with van der Waals surface area (Å²) >= 11 is 0. The Morgan fingerprint density at radius 2 is 1.82 bits per heavy atom. The maximum atomic E-state index is 12.4. The molecule has 1 aliphatic rings. The van der Waals surface area contributed by atoms with Crippen molar-refractivity contribution in [3.63, 3.8) is 0 Å². The minimum Gasteiger partial charge on any atom is -0.342 e. The molecular weight excluding hydrogens is 216 g/mol. The van der Waals surface area contributed by atoms with Crippen molar-refractivity contribution in [2.45, 2.75) is 59.5 Å². The second kappa shape index (κ2) is 5.07. The Balaban J connectivity index is 2.98. The van der Waals surface area contributed by atoms with Crippen LogP contribution >= 0.6 is 0 Å². The first-order valence-electron chi connectivity index (χ1n) is 6.43. The molecule has 0 saturated carbocycles. The fraction of sp³-hybridized carbons (Fsp3) is 0.846. The summed E-state index contributed by atoms with van der Waals surface area (Å²) in [6.45, 7) is 10.6. The highest BCUT2D eigenvalue weighted by Gasteiger charge is 2.43. The number of hydrogen-bond acceptors (Lipinski definition) is 2. The zero-order valence-electron chi connectivity index (χ0n) is 11.5. The zero-order valence-corrected chi connectivity index (χ0v) is 11.5. The smallest absolute Gasteiger partial charge is 0.246 e. The highest BCUT2D eigenvalue weighted by molar-refractivity contribution is 5.97. The van der Waals surface area contributed by atoms with Crippen molar-refractivity contribution in [1.82, 2.24) is 10.2 Å². The molecule has 0 aromatic carbocycles. The van der Waals surface area contributed by atoms with E-state index in [1.165, 1.54) is 0 Å². The lowest BCUT2D eigenvalue weighted by Crippen LogP contribution is -2.66. The van der Waals surface area contributed by atoms with Gasteiger partial charge in [-0.1, -0.05) is 34.6 Å². The van der Waals surface area contributed by atoms with E-state index in [-0.39, 0.29) is 23.3 Å². The van der Waals surface area contributed by atoms with Gasteiger partial charge in [0, 0.05) is 6.54 Å². The molecule has 1 saturated heterocycles. The summed E-state index contributed by atoms with van der Waals surface area (Å²) in [5.74, 6) is 0.0475. The number of nitrogens with zero attached hydrogens (tertiary/aromatic N) is 1. The van der Waals surface area contributed by atoms with Crippen molar-refractivity contribution >= 4 is 11.8 Å². The Morgan fingerprint density at radius 1 is 1.24 bits per heavy atom. The van der Waals surface area contributed by atoms with E-state index in [4.69, 9.17) is 0 Å². The summed E-state index contributed by atoms with van der Waals surface area (Å²) in [6, 6.07) is -0.689. The number of amides is 2. The van der Waals surface area contributed by atoms with Crippen LogP contribution in [0.1, 0.15) is 47.5 Å². The Morgan fingerprint density at radius 3 is 2.24 bits per heavy atom. The first-order chi connectivity index (χ1) is 7.82. The molecule has 0 radical (unpaired) electrons. The van der Waals surface area contributed by atoms with E-state index >= 15 is 0 Å². The van der Waals surface area contributed by atoms with Gasteiger partial charge in [-0.15, -0.1) is 0 Å². The molecule has 4 heteroatoms. The maximum Gasteiger partial charge on any atom is 0.246 e. The lowest BCUT2D eigenvalue weighted by molar-refractivity contribution is -0.152. The molecule has 2 amide bonds. The van der Waals surface area contributed by atoms with Gasteiger partial charge in [0.15, 0.2) is 0 Å². The monoisotopic (exact) mass is 240 g/mol. The standard InChI is InChI=1S/C13H24N2O2/c1-6-8-15-9(7-2)11(16)14-10(12(15)17)13(3,4)5/h9-10H,6-8H2,1-5H3,(H,14,16). The highest BCUT2D eigenvalue weighted by atomic mass is 16.2. The third kappa shape index (κ3) is 2.79. The van der Waals surface area contributed by atoms with Crippen LogP contribution in [-0.2, 0) is 9.59 Å². The number of carbonyl (C=O) groups is 2. The van der Waals surface area contributed by atoms with Gasteiger partial charge in [-0.2, -0.15) is 0 Å². The SMILES string of the molecule is CCCN1C(=O)C(C(C)(C)C)NC(=O)C1CC. The van der Waals surface area contributed by atoms with Crippen LogP contribution in [0.3, 0.4) is 0 Å². The van der Waals surface area contributed by atoms with Gasteiger partial charge in [0.1, 0.15) is 12.1 Å². The molecular formula is C13H24N2O2. The quantitative estimate of drug-likeness (QED) is 0.813. The molecule has 0 spiro atoms. The molecule has 0 aliphatic carbocycles. The highest BCUT2D eigenvalue weighted by Crippen LogP contribution is 2.25. The van der Waals surface area contributed by atoms with Gasteiger partial charge in [0.25, 0.3) is 0 Å². The van der Waals surface area contributed by atoms with Crippen molar-refractivity contribution in [3.8, 4) is 0 Å². The summed E-state index contributed by atoms with van der Waals surface area (Å²) in [6.07, 6.45) is 1.56. The third-order valence-corrected chi connectivity index (χ3v) is 3.21. The number of hydrogen-bond donors (Lipinski definition) is 1. The van der Waals surface area contributed by atoms with E-state index in [9.17, 15) is 9.59 Å². The molecule has 1 fully saturated rings. The van der Waals surface area contributed by atoms with Crippen LogP contribution in [-0.4, -0.2) is 35.3 Å². The molecule has 1 rings (SSSR count). The molecule has 4 nitrogen and oxygen atoms in total. The molecule has 0 bridgehead atoms. The third-order valence-electron chi connectivity index (χ3n) is 3.21. The van der Waals surface area contributed by atoms with Crippen LogP contribution in [0.25, 0.3) is 0 Å². The summed E-state index contributed by atoms with van der Waals surface area (Å²) in [5.41, 5.74) is -0.239. The largest absolute Gasteiger partial charge is 0.342 e. The number of rotatable bonds is 3. The fourth-order valence-corrected chi connectivity index (χ4v) is 2.26. The van der Waals surface area contributed by atoms with Crippen molar-refractivity contribution in [3.05, 3.63) is 0 Å². The average molecular weight is 240 g/mol. The lowest BCUT2D eigenvalue weighted by Gasteiger charge is -2.43. The molecule has 1 aliphatic heterocycles. The minimum absolute atomic E-state index is 0.0134. The Labute approximate surface area is 104 Å². The first-order valence-corrected chi connectivity index (χ1v) is 6.43.